The van der Waals surface area contributed by atoms with E-state index in [1.807, 2.05) is 26.0 Å². The molecular weight excluding hydrogens is 426 g/mol. The lowest BCUT2D eigenvalue weighted by atomic mass is 9.95. The number of hydroxylamine groups is 1. The van der Waals surface area contributed by atoms with Crippen molar-refractivity contribution in [3.63, 3.8) is 0 Å². The first kappa shape index (κ1) is 18.9. The molecule has 0 bridgehead atoms. The third-order valence-corrected chi connectivity index (χ3v) is 7.65. The number of halogens is 2. The fraction of sp³-hybridized carbons (Fsp3) is 0.333. The van der Waals surface area contributed by atoms with Crippen molar-refractivity contribution in [3.05, 3.63) is 64.7 Å². The van der Waals surface area contributed by atoms with Crippen molar-refractivity contribution in [2.24, 2.45) is 0 Å². The third-order valence-electron chi connectivity index (χ3n) is 4.36. The molecule has 3 rings (SSSR count). The van der Waals surface area contributed by atoms with Crippen molar-refractivity contribution >= 4 is 37.6 Å². The van der Waals surface area contributed by atoms with Crippen molar-refractivity contribution in [2.45, 2.75) is 36.8 Å². The van der Waals surface area contributed by atoms with Crippen LogP contribution >= 0.6 is 27.5 Å². The molecule has 1 saturated heterocycles. The summed E-state index contributed by atoms with van der Waals surface area (Å²) in [6.45, 7) is 3.80. The second kappa shape index (κ2) is 7.00. The van der Waals surface area contributed by atoms with Crippen LogP contribution in [0.1, 0.15) is 30.6 Å². The van der Waals surface area contributed by atoms with Crippen LogP contribution in [0.5, 0.6) is 0 Å². The molecule has 1 heterocycles. The van der Waals surface area contributed by atoms with Crippen LogP contribution in [0, 0.1) is 6.92 Å². The summed E-state index contributed by atoms with van der Waals surface area (Å²) in [6, 6.07) is 14.1. The molecule has 7 heteroatoms. The van der Waals surface area contributed by atoms with Gasteiger partial charge in [-0.25, -0.2) is 8.42 Å². The first-order valence-electron chi connectivity index (χ1n) is 7.86. The van der Waals surface area contributed by atoms with Crippen LogP contribution in [-0.2, 0) is 14.9 Å². The maximum absolute atomic E-state index is 13.1. The van der Waals surface area contributed by atoms with E-state index in [-0.39, 0.29) is 11.0 Å². The SMILES string of the molecule is Cc1ccc(S(=O)(=O)N2O[C@@H](c3ccc(Cl)cc3)C[C@@]2(C)CBr)cc1. The molecule has 0 N–H and O–H groups in total. The van der Waals surface area contributed by atoms with E-state index in [4.69, 9.17) is 16.4 Å². The molecule has 0 aliphatic carbocycles. The zero-order chi connectivity index (χ0) is 18.2. The first-order valence-corrected chi connectivity index (χ1v) is 10.8. The first-order chi connectivity index (χ1) is 11.8. The highest BCUT2D eigenvalue weighted by molar-refractivity contribution is 9.09. The Hall–Kier alpha value is -0.920. The van der Waals surface area contributed by atoms with Gasteiger partial charge in [-0.2, -0.15) is 0 Å². The summed E-state index contributed by atoms with van der Waals surface area (Å²) in [4.78, 5) is 6.14. The molecular formula is C18H19BrClNO3S. The Balaban J connectivity index is 1.96. The zero-order valence-electron chi connectivity index (χ0n) is 13.9. The lowest BCUT2D eigenvalue weighted by molar-refractivity contribution is -0.106. The molecule has 4 nitrogen and oxygen atoms in total. The molecule has 25 heavy (non-hydrogen) atoms. The number of benzene rings is 2. The number of alkyl halides is 1. The van der Waals surface area contributed by atoms with E-state index >= 15 is 0 Å². The van der Waals surface area contributed by atoms with Gasteiger partial charge in [0.25, 0.3) is 10.0 Å². The van der Waals surface area contributed by atoms with Crippen molar-refractivity contribution in [3.8, 4) is 0 Å². The molecule has 0 amide bonds. The Morgan fingerprint density at radius 1 is 1.20 bits per heavy atom. The van der Waals surface area contributed by atoms with E-state index in [9.17, 15) is 8.42 Å². The lowest BCUT2D eigenvalue weighted by Crippen LogP contribution is -2.45. The summed E-state index contributed by atoms with van der Waals surface area (Å²) >= 11 is 9.39. The Labute approximate surface area is 161 Å². The van der Waals surface area contributed by atoms with Crippen LogP contribution in [0.15, 0.2) is 53.4 Å². The number of hydrogen-bond donors (Lipinski definition) is 0. The second-order valence-electron chi connectivity index (χ2n) is 6.53. The van der Waals surface area contributed by atoms with Crippen LogP contribution in [0.2, 0.25) is 5.02 Å². The summed E-state index contributed by atoms with van der Waals surface area (Å²) < 4.78 is 27.4. The maximum atomic E-state index is 13.1. The molecule has 0 radical (unpaired) electrons. The third kappa shape index (κ3) is 3.64. The van der Waals surface area contributed by atoms with E-state index in [0.717, 1.165) is 15.6 Å². The Morgan fingerprint density at radius 3 is 2.36 bits per heavy atom. The van der Waals surface area contributed by atoms with Gasteiger partial charge in [0.15, 0.2) is 0 Å². The summed E-state index contributed by atoms with van der Waals surface area (Å²) in [5, 5.41) is 1.10. The number of nitrogens with zero attached hydrogens (tertiary/aromatic N) is 1. The van der Waals surface area contributed by atoms with Gasteiger partial charge in [0.2, 0.25) is 0 Å². The molecule has 0 saturated carbocycles. The monoisotopic (exact) mass is 443 g/mol. The van der Waals surface area contributed by atoms with Crippen LogP contribution < -0.4 is 0 Å². The van der Waals surface area contributed by atoms with Crippen molar-refractivity contribution in [2.75, 3.05) is 5.33 Å². The average Bonchev–Trinajstić information content (AvgIpc) is 2.95. The molecule has 2 atom stereocenters. The van der Waals surface area contributed by atoms with Crippen molar-refractivity contribution in [1.82, 2.24) is 4.47 Å². The van der Waals surface area contributed by atoms with E-state index < -0.39 is 15.6 Å². The van der Waals surface area contributed by atoms with Crippen LogP contribution in [0.4, 0.5) is 0 Å². The van der Waals surface area contributed by atoms with E-state index in [0.29, 0.717) is 16.8 Å². The van der Waals surface area contributed by atoms with Gasteiger partial charge in [-0.15, -0.1) is 0 Å². The van der Waals surface area contributed by atoms with Gasteiger partial charge < -0.3 is 0 Å². The maximum Gasteiger partial charge on any atom is 0.265 e. The topological polar surface area (TPSA) is 46.6 Å². The van der Waals surface area contributed by atoms with E-state index in [2.05, 4.69) is 15.9 Å². The fourth-order valence-corrected chi connectivity index (χ4v) is 5.22. The summed E-state index contributed by atoms with van der Waals surface area (Å²) in [5.74, 6) is 0. The normalized spacial score (nSPS) is 24.6. The minimum atomic E-state index is -3.77. The molecule has 1 fully saturated rings. The van der Waals surface area contributed by atoms with Gasteiger partial charge >= 0.3 is 0 Å². The predicted octanol–water partition coefficient (Wildman–Crippen LogP) is 4.87. The summed E-state index contributed by atoms with van der Waals surface area (Å²) in [5.41, 5.74) is 1.22. The molecule has 0 unspecified atom stereocenters. The van der Waals surface area contributed by atoms with Crippen LogP contribution in [0.3, 0.4) is 0 Å². The van der Waals surface area contributed by atoms with Crippen LogP contribution in [-0.4, -0.2) is 23.8 Å². The van der Waals surface area contributed by atoms with Gasteiger partial charge in [0.1, 0.15) is 6.10 Å². The predicted molar refractivity (Wildman–Crippen MR) is 102 cm³/mol. The largest absolute Gasteiger partial charge is 0.275 e. The summed E-state index contributed by atoms with van der Waals surface area (Å²) in [7, 11) is -3.77. The quantitative estimate of drug-likeness (QED) is 0.632. The number of hydrogen-bond acceptors (Lipinski definition) is 3. The Kier molecular flexibility index (Phi) is 5.28. The van der Waals surface area contributed by atoms with Gasteiger partial charge in [-0.3, -0.25) is 4.84 Å². The minimum Gasteiger partial charge on any atom is -0.275 e. The second-order valence-corrected chi connectivity index (χ2v) is 9.28. The van der Waals surface area contributed by atoms with E-state index in [1.54, 1.807) is 36.4 Å². The Bertz CT molecular complexity index is 855. The highest BCUT2D eigenvalue weighted by atomic mass is 79.9. The number of sulfonamides is 1. The van der Waals surface area contributed by atoms with Crippen molar-refractivity contribution < 1.29 is 13.3 Å². The minimum absolute atomic E-state index is 0.224. The zero-order valence-corrected chi connectivity index (χ0v) is 17.1. The standard InChI is InChI=1S/C18H19BrClNO3S/c1-13-3-9-16(10-4-13)25(22,23)21-18(2,12-19)11-17(24-21)14-5-7-15(20)8-6-14/h3-10,17H,11-12H2,1-2H3/t17-,18+/m1/s1. The highest BCUT2D eigenvalue weighted by Crippen LogP contribution is 2.44. The molecule has 1 aliphatic rings. The highest BCUT2D eigenvalue weighted by Gasteiger charge is 2.50. The Morgan fingerprint density at radius 2 is 1.80 bits per heavy atom. The number of rotatable bonds is 4. The van der Waals surface area contributed by atoms with Gasteiger partial charge in [-0.05, 0) is 43.7 Å². The molecule has 2 aromatic rings. The van der Waals surface area contributed by atoms with Gasteiger partial charge in [-0.1, -0.05) is 61.8 Å². The molecule has 1 aliphatic heterocycles. The molecule has 134 valence electrons. The fourth-order valence-electron chi connectivity index (χ4n) is 2.87. The summed E-state index contributed by atoms with van der Waals surface area (Å²) in [6.07, 6.45) is 0.199. The number of aryl methyl sites for hydroxylation is 1. The average molecular weight is 445 g/mol. The molecule has 0 aromatic heterocycles. The molecule has 0 spiro atoms. The van der Waals surface area contributed by atoms with Crippen LogP contribution in [0.25, 0.3) is 0 Å². The van der Waals surface area contributed by atoms with E-state index in [1.165, 1.54) is 0 Å². The van der Waals surface area contributed by atoms with Gasteiger partial charge in [0.05, 0.1) is 10.4 Å². The van der Waals surface area contributed by atoms with Crippen molar-refractivity contribution in [1.29, 1.82) is 0 Å². The van der Waals surface area contributed by atoms with Gasteiger partial charge in [0, 0.05) is 16.8 Å². The smallest absolute Gasteiger partial charge is 0.265 e. The lowest BCUT2D eigenvalue weighted by Gasteiger charge is -2.29. The molecule has 2 aromatic carbocycles.